The van der Waals surface area contributed by atoms with Crippen LogP contribution in [0.1, 0.15) is 57.9 Å². The standard InChI is InChI=1S/C34H29Cl2N3OS/c1-21(38-39-34(40)23-11-9-22(10-12-23)20-41-26-16-14-25(35)15-17-26)24-13-18-32-30(19-24)27-6-4-7-28(27)33(37-32)29-5-2-3-8-31(29)36/h2-6,8-19,27-28,33,37H,7,20H2,1H3,(H,39,40)/b38-21-/t27-,28+,33-/m1/s1. The molecule has 0 saturated heterocycles. The minimum Gasteiger partial charge on any atom is -0.378 e. The molecule has 7 heteroatoms. The average molecular weight is 599 g/mol. The first-order valence-corrected chi connectivity index (χ1v) is 15.3. The van der Waals surface area contributed by atoms with E-state index in [4.69, 9.17) is 23.2 Å². The van der Waals surface area contributed by atoms with Crippen molar-refractivity contribution in [2.24, 2.45) is 11.0 Å². The van der Waals surface area contributed by atoms with Crippen molar-refractivity contribution < 1.29 is 4.79 Å². The maximum Gasteiger partial charge on any atom is 0.271 e. The topological polar surface area (TPSA) is 53.5 Å². The number of hydrogen-bond acceptors (Lipinski definition) is 4. The van der Waals surface area contributed by atoms with Gasteiger partial charge in [0, 0.05) is 37.9 Å². The van der Waals surface area contributed by atoms with Gasteiger partial charge in [-0.05, 0) is 96.1 Å². The Morgan fingerprint density at radius 3 is 2.49 bits per heavy atom. The first-order valence-electron chi connectivity index (χ1n) is 13.6. The summed E-state index contributed by atoms with van der Waals surface area (Å²) in [7, 11) is 0. The van der Waals surface area contributed by atoms with Crippen LogP contribution in [0.5, 0.6) is 0 Å². The van der Waals surface area contributed by atoms with Gasteiger partial charge < -0.3 is 5.32 Å². The number of nitrogens with one attached hydrogen (secondary N) is 2. The van der Waals surface area contributed by atoms with Gasteiger partial charge in [0.05, 0.1) is 11.8 Å². The summed E-state index contributed by atoms with van der Waals surface area (Å²) in [6, 6.07) is 30.0. The molecular formula is C34H29Cl2N3OS. The number of carbonyl (C=O) groups is 1. The van der Waals surface area contributed by atoms with Crippen LogP contribution in [0.25, 0.3) is 0 Å². The molecule has 0 unspecified atom stereocenters. The van der Waals surface area contributed by atoms with Crippen molar-refractivity contribution in [3.05, 3.63) is 141 Å². The molecular weight excluding hydrogens is 569 g/mol. The number of benzene rings is 4. The van der Waals surface area contributed by atoms with Crippen LogP contribution in [-0.2, 0) is 5.75 Å². The average Bonchev–Trinajstić information content (AvgIpc) is 3.50. The summed E-state index contributed by atoms with van der Waals surface area (Å²) in [6.45, 7) is 1.92. The Morgan fingerprint density at radius 1 is 0.951 bits per heavy atom. The van der Waals surface area contributed by atoms with E-state index >= 15 is 0 Å². The van der Waals surface area contributed by atoms with Crippen molar-refractivity contribution in [2.75, 3.05) is 5.32 Å². The number of rotatable bonds is 7. The molecule has 6 rings (SSSR count). The van der Waals surface area contributed by atoms with E-state index in [1.807, 2.05) is 79.7 Å². The van der Waals surface area contributed by atoms with E-state index < -0.39 is 0 Å². The monoisotopic (exact) mass is 597 g/mol. The highest BCUT2D eigenvalue weighted by molar-refractivity contribution is 7.98. The summed E-state index contributed by atoms with van der Waals surface area (Å²) >= 11 is 14.3. The fourth-order valence-corrected chi connectivity index (χ4v) is 6.80. The number of allylic oxidation sites excluding steroid dienone is 2. The lowest BCUT2D eigenvalue weighted by Crippen LogP contribution is -2.29. The summed E-state index contributed by atoms with van der Waals surface area (Å²) in [6.07, 6.45) is 5.58. The largest absolute Gasteiger partial charge is 0.378 e. The molecule has 1 aliphatic carbocycles. The van der Waals surface area contributed by atoms with Gasteiger partial charge in [-0.1, -0.05) is 71.8 Å². The highest BCUT2D eigenvalue weighted by Gasteiger charge is 2.38. The number of fused-ring (bicyclic) bond motifs is 3. The summed E-state index contributed by atoms with van der Waals surface area (Å²) in [4.78, 5) is 14.0. The lowest BCUT2D eigenvalue weighted by atomic mass is 9.76. The molecule has 0 saturated carbocycles. The maximum absolute atomic E-state index is 12.8. The van der Waals surface area contributed by atoms with Crippen LogP contribution in [-0.4, -0.2) is 11.6 Å². The van der Waals surface area contributed by atoms with Gasteiger partial charge in [-0.15, -0.1) is 11.8 Å². The second-order valence-electron chi connectivity index (χ2n) is 10.4. The number of anilines is 1. The minimum atomic E-state index is -0.234. The molecule has 0 spiro atoms. The summed E-state index contributed by atoms with van der Waals surface area (Å²) < 4.78 is 0. The number of thioether (sulfide) groups is 1. The molecule has 1 heterocycles. The van der Waals surface area contributed by atoms with Crippen LogP contribution < -0.4 is 10.7 Å². The minimum absolute atomic E-state index is 0.151. The van der Waals surface area contributed by atoms with Gasteiger partial charge in [0.15, 0.2) is 0 Å². The molecule has 4 nitrogen and oxygen atoms in total. The Kier molecular flexibility index (Phi) is 8.20. The van der Waals surface area contributed by atoms with E-state index in [-0.39, 0.29) is 11.9 Å². The fourth-order valence-electron chi connectivity index (χ4n) is 5.57. The Hall–Kier alpha value is -3.51. The van der Waals surface area contributed by atoms with Gasteiger partial charge >= 0.3 is 0 Å². The molecule has 206 valence electrons. The second kappa shape index (κ2) is 12.2. The zero-order chi connectivity index (χ0) is 28.3. The predicted molar refractivity (Wildman–Crippen MR) is 171 cm³/mol. The number of hydrazone groups is 1. The van der Waals surface area contributed by atoms with Crippen molar-refractivity contribution in [3.63, 3.8) is 0 Å². The van der Waals surface area contributed by atoms with Crippen molar-refractivity contribution in [2.45, 2.75) is 36.0 Å². The molecule has 2 N–H and O–H groups in total. The van der Waals surface area contributed by atoms with Crippen molar-refractivity contribution in [1.29, 1.82) is 0 Å². The predicted octanol–water partition coefficient (Wildman–Crippen LogP) is 9.27. The van der Waals surface area contributed by atoms with Gasteiger partial charge in [-0.2, -0.15) is 5.10 Å². The van der Waals surface area contributed by atoms with E-state index in [2.05, 4.69) is 46.2 Å². The zero-order valence-electron chi connectivity index (χ0n) is 22.5. The fraction of sp³-hybridized carbons (Fsp3) is 0.176. The summed E-state index contributed by atoms with van der Waals surface area (Å²) in [5.74, 6) is 1.26. The van der Waals surface area contributed by atoms with Gasteiger partial charge in [-0.25, -0.2) is 5.43 Å². The SMILES string of the molecule is C/C(=N/NC(=O)c1ccc(CSc2ccc(Cl)cc2)cc1)c1ccc2c(c1)[C@@H]1C=CC[C@@H]1[C@H](c1ccccc1Cl)N2. The normalized spacial score (nSPS) is 19.3. The van der Waals surface area contributed by atoms with E-state index in [0.717, 1.165) is 55.2 Å². The smallest absolute Gasteiger partial charge is 0.271 e. The number of amides is 1. The molecule has 4 aromatic carbocycles. The highest BCUT2D eigenvalue weighted by Crippen LogP contribution is 2.50. The summed E-state index contributed by atoms with van der Waals surface area (Å²) in [5.41, 5.74) is 9.66. The highest BCUT2D eigenvalue weighted by atomic mass is 35.5. The van der Waals surface area contributed by atoms with E-state index in [1.165, 1.54) is 5.56 Å². The Balaban J connectivity index is 1.12. The molecule has 41 heavy (non-hydrogen) atoms. The third-order valence-corrected chi connectivity index (χ3v) is 9.46. The Morgan fingerprint density at radius 2 is 1.71 bits per heavy atom. The third-order valence-electron chi connectivity index (χ3n) is 7.78. The lowest BCUT2D eigenvalue weighted by Gasteiger charge is -2.38. The van der Waals surface area contributed by atoms with E-state index in [0.29, 0.717) is 17.4 Å². The van der Waals surface area contributed by atoms with E-state index in [1.54, 1.807) is 11.8 Å². The van der Waals surface area contributed by atoms with Crippen molar-refractivity contribution in [3.8, 4) is 0 Å². The maximum atomic E-state index is 12.8. The van der Waals surface area contributed by atoms with Crippen molar-refractivity contribution >= 4 is 52.3 Å². The first kappa shape index (κ1) is 27.6. The third kappa shape index (κ3) is 6.08. The van der Waals surface area contributed by atoms with Gasteiger partial charge in [-0.3, -0.25) is 4.79 Å². The second-order valence-corrected chi connectivity index (χ2v) is 12.3. The number of halogens is 2. The lowest BCUT2D eigenvalue weighted by molar-refractivity contribution is 0.0955. The molecule has 1 aliphatic heterocycles. The molecule has 0 aromatic heterocycles. The van der Waals surface area contributed by atoms with Gasteiger partial charge in [0.25, 0.3) is 5.91 Å². The molecule has 0 fully saturated rings. The molecule has 3 atom stereocenters. The quantitative estimate of drug-likeness (QED) is 0.0965. The molecule has 4 aromatic rings. The molecule has 2 aliphatic rings. The summed E-state index contributed by atoms with van der Waals surface area (Å²) in [5, 5.41) is 9.70. The number of nitrogens with zero attached hydrogens (tertiary/aromatic N) is 1. The van der Waals surface area contributed by atoms with Crippen LogP contribution in [0.2, 0.25) is 10.0 Å². The van der Waals surface area contributed by atoms with Crippen molar-refractivity contribution in [1.82, 2.24) is 5.43 Å². The van der Waals surface area contributed by atoms with E-state index in [9.17, 15) is 4.79 Å². The number of carbonyl (C=O) groups excluding carboxylic acids is 1. The van der Waals surface area contributed by atoms with Crippen LogP contribution >= 0.6 is 35.0 Å². The number of hydrogen-bond donors (Lipinski definition) is 2. The molecule has 1 amide bonds. The van der Waals surface area contributed by atoms with Crippen LogP contribution in [0.4, 0.5) is 5.69 Å². The zero-order valence-corrected chi connectivity index (χ0v) is 24.8. The molecule has 0 radical (unpaired) electrons. The Labute approximate surface area is 254 Å². The Bertz CT molecular complexity index is 1630. The van der Waals surface area contributed by atoms with Gasteiger partial charge in [0.2, 0.25) is 0 Å². The first-order chi connectivity index (χ1) is 20.0. The van der Waals surface area contributed by atoms with Crippen LogP contribution in [0, 0.1) is 5.92 Å². The van der Waals surface area contributed by atoms with Gasteiger partial charge in [0.1, 0.15) is 0 Å². The van der Waals surface area contributed by atoms with Crippen LogP contribution in [0.3, 0.4) is 0 Å². The molecule has 0 bridgehead atoms. The van der Waals surface area contributed by atoms with Crippen LogP contribution in [0.15, 0.2) is 113 Å².